The van der Waals surface area contributed by atoms with Crippen molar-refractivity contribution in [2.24, 2.45) is 0 Å². The maximum Gasteiger partial charge on any atom is 0.407 e. The van der Waals surface area contributed by atoms with E-state index in [0.29, 0.717) is 6.04 Å². The third kappa shape index (κ3) is 5.57. The molecule has 1 atom stereocenters. The molecule has 0 bridgehead atoms. The highest BCUT2D eigenvalue weighted by Gasteiger charge is 2.25. The monoisotopic (exact) mass is 325 g/mol. The number of hydrogen-bond donors (Lipinski definition) is 2. The lowest BCUT2D eigenvalue weighted by Gasteiger charge is -2.32. The molecule has 1 aromatic heterocycles. The first kappa shape index (κ1) is 17.2. The number of nitrogens with one attached hydrogen (secondary N) is 2. The van der Waals surface area contributed by atoms with Crippen molar-refractivity contribution in [3.05, 3.63) is 16.6 Å². The van der Waals surface area contributed by atoms with Crippen molar-refractivity contribution in [3.8, 4) is 0 Å². The quantitative estimate of drug-likeness (QED) is 0.887. The number of rotatable bonds is 4. The van der Waals surface area contributed by atoms with Crippen molar-refractivity contribution in [1.29, 1.82) is 0 Å². The summed E-state index contributed by atoms with van der Waals surface area (Å²) in [6.45, 7) is 7.80. The minimum Gasteiger partial charge on any atom is -0.444 e. The smallest absolute Gasteiger partial charge is 0.407 e. The van der Waals surface area contributed by atoms with Crippen LogP contribution in [-0.2, 0) is 4.74 Å². The van der Waals surface area contributed by atoms with Crippen LogP contribution in [-0.4, -0.2) is 28.8 Å². The number of carbonyl (C=O) groups excluding carboxylic acids is 1. The van der Waals surface area contributed by atoms with E-state index in [1.54, 1.807) is 11.3 Å². The maximum absolute atomic E-state index is 11.8. The van der Waals surface area contributed by atoms with E-state index in [-0.39, 0.29) is 18.2 Å². The summed E-state index contributed by atoms with van der Waals surface area (Å²) < 4.78 is 5.31. The van der Waals surface area contributed by atoms with Crippen LogP contribution in [0.15, 0.2) is 10.9 Å². The molecule has 0 spiro atoms. The lowest BCUT2D eigenvalue weighted by Crippen LogP contribution is -2.44. The van der Waals surface area contributed by atoms with Crippen LogP contribution in [0.25, 0.3) is 0 Å². The molecule has 1 aromatic rings. The number of alkyl carbamates (subject to hydrolysis) is 1. The molecule has 1 aliphatic carbocycles. The molecule has 5 nitrogen and oxygen atoms in total. The summed E-state index contributed by atoms with van der Waals surface area (Å²) in [7, 11) is 0. The van der Waals surface area contributed by atoms with Crippen LogP contribution in [0.3, 0.4) is 0 Å². The highest BCUT2D eigenvalue weighted by molar-refractivity contribution is 7.07. The van der Waals surface area contributed by atoms with Gasteiger partial charge in [0.1, 0.15) is 5.60 Å². The predicted molar refractivity (Wildman–Crippen MR) is 89.1 cm³/mol. The fraction of sp³-hybridized carbons (Fsp3) is 0.750. The van der Waals surface area contributed by atoms with Gasteiger partial charge in [0.2, 0.25) is 0 Å². The van der Waals surface area contributed by atoms with Crippen LogP contribution in [0.2, 0.25) is 0 Å². The Balaban J connectivity index is 1.70. The topological polar surface area (TPSA) is 63.2 Å². The summed E-state index contributed by atoms with van der Waals surface area (Å²) in [5.74, 6) is 0. The minimum atomic E-state index is -0.439. The van der Waals surface area contributed by atoms with Gasteiger partial charge in [-0.15, -0.1) is 11.3 Å². The molecule has 0 aromatic carbocycles. The van der Waals surface area contributed by atoms with Crippen molar-refractivity contribution in [1.82, 2.24) is 15.6 Å². The van der Waals surface area contributed by atoms with Gasteiger partial charge in [0.15, 0.2) is 0 Å². The van der Waals surface area contributed by atoms with Gasteiger partial charge in [-0.3, -0.25) is 0 Å². The van der Waals surface area contributed by atoms with Crippen molar-refractivity contribution in [2.45, 2.75) is 77.1 Å². The number of ether oxygens (including phenoxy) is 1. The average molecular weight is 325 g/mol. The third-order valence-electron chi connectivity index (χ3n) is 3.83. The van der Waals surface area contributed by atoms with Crippen LogP contribution in [0.4, 0.5) is 4.79 Å². The Labute approximate surface area is 136 Å². The van der Waals surface area contributed by atoms with E-state index in [1.807, 2.05) is 26.3 Å². The molecule has 22 heavy (non-hydrogen) atoms. The van der Waals surface area contributed by atoms with E-state index >= 15 is 0 Å². The maximum atomic E-state index is 11.8. The summed E-state index contributed by atoms with van der Waals surface area (Å²) in [6.07, 6.45) is 3.80. The minimum absolute atomic E-state index is 0.225. The van der Waals surface area contributed by atoms with Gasteiger partial charge in [0.25, 0.3) is 0 Å². The van der Waals surface area contributed by atoms with Crippen molar-refractivity contribution >= 4 is 17.4 Å². The predicted octanol–water partition coefficient (Wildman–Crippen LogP) is 3.63. The lowest BCUT2D eigenvalue weighted by molar-refractivity contribution is 0.0489. The van der Waals surface area contributed by atoms with Gasteiger partial charge in [0, 0.05) is 23.5 Å². The highest BCUT2D eigenvalue weighted by Crippen LogP contribution is 2.22. The third-order valence-corrected chi connectivity index (χ3v) is 4.43. The second-order valence-corrected chi connectivity index (χ2v) is 7.72. The Bertz CT molecular complexity index is 462. The SMILES string of the molecule is CC(NC1CCC(NC(=O)OC(C)(C)C)CC1)c1cscn1. The molecule has 1 fully saturated rings. The largest absolute Gasteiger partial charge is 0.444 e. The fourth-order valence-electron chi connectivity index (χ4n) is 2.75. The Morgan fingerprint density at radius 2 is 1.95 bits per heavy atom. The molecular weight excluding hydrogens is 298 g/mol. The fourth-order valence-corrected chi connectivity index (χ4v) is 3.40. The van der Waals surface area contributed by atoms with Crippen LogP contribution >= 0.6 is 11.3 Å². The number of aromatic nitrogens is 1. The van der Waals surface area contributed by atoms with E-state index < -0.39 is 5.60 Å². The molecule has 2 N–H and O–H groups in total. The molecule has 1 unspecified atom stereocenters. The first-order valence-corrected chi connectivity index (χ1v) is 8.91. The highest BCUT2D eigenvalue weighted by atomic mass is 32.1. The zero-order chi connectivity index (χ0) is 16.2. The summed E-state index contributed by atoms with van der Waals surface area (Å²) in [5.41, 5.74) is 2.54. The molecule has 1 aliphatic rings. The average Bonchev–Trinajstić information content (AvgIpc) is 2.92. The van der Waals surface area contributed by atoms with Crippen LogP contribution in [0.1, 0.15) is 65.1 Å². The summed E-state index contributed by atoms with van der Waals surface area (Å²) in [6, 6.07) is 1.00. The number of hydrogen-bond acceptors (Lipinski definition) is 5. The molecule has 124 valence electrons. The van der Waals surface area contributed by atoms with Crippen LogP contribution in [0.5, 0.6) is 0 Å². The second-order valence-electron chi connectivity index (χ2n) is 7.00. The molecule has 2 rings (SSSR count). The number of amides is 1. The summed E-state index contributed by atoms with van der Waals surface area (Å²) in [4.78, 5) is 16.1. The summed E-state index contributed by atoms with van der Waals surface area (Å²) in [5, 5.41) is 8.70. The van der Waals surface area contributed by atoms with E-state index in [0.717, 1.165) is 31.4 Å². The van der Waals surface area contributed by atoms with Crippen molar-refractivity contribution < 1.29 is 9.53 Å². The summed E-state index contributed by atoms with van der Waals surface area (Å²) >= 11 is 1.63. The van der Waals surface area contributed by atoms with Crippen LogP contribution in [0, 0.1) is 0 Å². The van der Waals surface area contributed by atoms with Gasteiger partial charge < -0.3 is 15.4 Å². The Morgan fingerprint density at radius 3 is 2.50 bits per heavy atom. The first-order chi connectivity index (χ1) is 10.3. The van der Waals surface area contributed by atoms with Gasteiger partial charge in [-0.25, -0.2) is 9.78 Å². The van der Waals surface area contributed by atoms with Gasteiger partial charge in [0.05, 0.1) is 11.2 Å². The van der Waals surface area contributed by atoms with E-state index in [9.17, 15) is 4.79 Å². The number of nitrogens with zero attached hydrogens (tertiary/aromatic N) is 1. The molecular formula is C16H27N3O2S. The molecule has 0 saturated heterocycles. The van der Waals surface area contributed by atoms with E-state index in [2.05, 4.69) is 27.9 Å². The second kappa shape index (κ2) is 7.42. The molecule has 1 heterocycles. The van der Waals surface area contributed by atoms with E-state index in [4.69, 9.17) is 4.74 Å². The van der Waals surface area contributed by atoms with Crippen molar-refractivity contribution in [2.75, 3.05) is 0 Å². The van der Waals surface area contributed by atoms with E-state index in [1.165, 1.54) is 0 Å². The Morgan fingerprint density at radius 1 is 1.32 bits per heavy atom. The number of carbonyl (C=O) groups is 1. The zero-order valence-corrected chi connectivity index (χ0v) is 14.7. The van der Waals surface area contributed by atoms with Crippen LogP contribution < -0.4 is 10.6 Å². The zero-order valence-electron chi connectivity index (χ0n) is 13.9. The molecule has 6 heteroatoms. The first-order valence-electron chi connectivity index (χ1n) is 7.97. The van der Waals surface area contributed by atoms with Gasteiger partial charge in [-0.2, -0.15) is 0 Å². The normalized spacial score (nSPS) is 23.8. The van der Waals surface area contributed by atoms with Gasteiger partial charge >= 0.3 is 6.09 Å². The lowest BCUT2D eigenvalue weighted by atomic mass is 9.90. The Kier molecular flexibility index (Phi) is 5.81. The van der Waals surface area contributed by atoms with Crippen molar-refractivity contribution in [3.63, 3.8) is 0 Å². The molecule has 1 amide bonds. The standard InChI is InChI=1S/C16H27N3O2S/c1-11(14-9-22-10-17-14)18-12-5-7-13(8-6-12)19-15(20)21-16(2,3)4/h9-13,18H,5-8H2,1-4H3,(H,19,20). The number of thiazole rings is 1. The molecule has 1 saturated carbocycles. The molecule has 0 radical (unpaired) electrons. The van der Waals surface area contributed by atoms with Gasteiger partial charge in [-0.1, -0.05) is 0 Å². The molecule has 0 aliphatic heterocycles. The van der Waals surface area contributed by atoms with Gasteiger partial charge in [-0.05, 0) is 53.4 Å². The Hall–Kier alpha value is -1.14.